The van der Waals surface area contributed by atoms with Gasteiger partial charge in [-0.3, -0.25) is 18.6 Å². The maximum atomic E-state index is 12.9. The van der Waals surface area contributed by atoms with Crippen LogP contribution in [-0.2, 0) is 32.7 Å². The lowest BCUT2D eigenvalue weighted by Crippen LogP contribution is -2.37. The highest BCUT2D eigenvalue weighted by molar-refractivity contribution is 7.47. The topological polar surface area (TPSA) is 108 Å². The summed E-state index contributed by atoms with van der Waals surface area (Å²) in [5, 5.41) is 0. The molecule has 0 aliphatic carbocycles. The fourth-order valence-corrected chi connectivity index (χ4v) is 14.3. The Labute approximate surface area is 606 Å². The fraction of sp³-hybridized carbons (Fsp3) is 0.931. The van der Waals surface area contributed by atoms with Gasteiger partial charge in [-0.05, 0) is 44.9 Å². The van der Waals surface area contributed by atoms with E-state index in [4.69, 9.17) is 18.5 Å². The summed E-state index contributed by atoms with van der Waals surface area (Å²) in [5.41, 5.74) is 0. The minimum atomic E-state index is -4.39. The molecule has 0 aromatic carbocycles. The molecule has 2 atom stereocenters. The van der Waals surface area contributed by atoms with Crippen LogP contribution < -0.4 is 0 Å². The van der Waals surface area contributed by atoms with Gasteiger partial charge in [0.2, 0.25) is 0 Å². The molecule has 1 N–H and O–H groups in total. The first-order valence-corrected chi connectivity index (χ1v) is 45.1. The summed E-state index contributed by atoms with van der Waals surface area (Å²) in [6.07, 6.45) is 102. The zero-order valence-corrected chi connectivity index (χ0v) is 67.0. The molecular formula is C87H171NO8P+. The molecule has 0 rings (SSSR count). The first-order valence-electron chi connectivity index (χ1n) is 43.6. The van der Waals surface area contributed by atoms with Gasteiger partial charge in [0.1, 0.15) is 19.8 Å². The summed E-state index contributed by atoms with van der Waals surface area (Å²) < 4.78 is 34.9. The standard InChI is InChI=1S/C87H170NO8P/c1-6-8-10-12-14-16-18-20-22-24-26-28-30-32-34-36-38-40-41-42-43-44-45-46-48-49-51-53-55-57-59-61-63-65-67-69-71-73-75-77-79-86(89)93-83-85(84-95-97(91,92)94-82-81-88(3,4)5)96-87(90)80-78-76-74-72-70-68-66-64-62-60-58-56-54-52-50-47-39-37-35-33-31-29-27-25-23-21-19-17-15-13-11-9-7-2/h19,21,25,27,85H,6-18,20,22-24,26,28-84H2,1-5H3/p+1/b21-19-,27-25-. The summed E-state index contributed by atoms with van der Waals surface area (Å²) >= 11 is 0. The predicted molar refractivity (Wildman–Crippen MR) is 423 cm³/mol. The van der Waals surface area contributed by atoms with Crippen LogP contribution in [0.2, 0.25) is 0 Å². The van der Waals surface area contributed by atoms with E-state index in [0.29, 0.717) is 17.4 Å². The van der Waals surface area contributed by atoms with Crippen LogP contribution in [0, 0.1) is 0 Å². The Kier molecular flexibility index (Phi) is 77.4. The maximum Gasteiger partial charge on any atom is 0.472 e. The highest BCUT2D eigenvalue weighted by atomic mass is 31.2. The number of ether oxygens (including phenoxy) is 2. The summed E-state index contributed by atoms with van der Waals surface area (Å²) in [7, 11) is 1.51. The van der Waals surface area contributed by atoms with Crippen LogP contribution in [0.1, 0.15) is 470 Å². The Morgan fingerprint density at radius 1 is 0.320 bits per heavy atom. The summed E-state index contributed by atoms with van der Waals surface area (Å²) in [6, 6.07) is 0. The molecule has 97 heavy (non-hydrogen) atoms. The van der Waals surface area contributed by atoms with E-state index in [-0.39, 0.29) is 25.6 Å². The number of carbonyl (C=O) groups is 2. The Morgan fingerprint density at radius 2 is 0.557 bits per heavy atom. The number of unbranched alkanes of at least 4 members (excludes halogenated alkanes) is 65. The lowest BCUT2D eigenvalue weighted by atomic mass is 10.0. The lowest BCUT2D eigenvalue weighted by molar-refractivity contribution is -0.870. The SMILES string of the molecule is CCCCCCC/C=C\C/C=C\CCCCCCCCCCCCCCCCCCCCCCCC(=O)OC(COC(=O)CCCCCCCCCCCCCCCCCCCCCCCCCCCCCCCCCCCCCCCCCC)COP(=O)(O)OCC[N+](C)(C)C. The molecule has 0 fully saturated rings. The van der Waals surface area contributed by atoms with Crippen molar-refractivity contribution in [1.29, 1.82) is 0 Å². The van der Waals surface area contributed by atoms with Crippen molar-refractivity contribution in [3.8, 4) is 0 Å². The van der Waals surface area contributed by atoms with E-state index in [1.54, 1.807) is 0 Å². The Hall–Kier alpha value is -1.51. The van der Waals surface area contributed by atoms with Gasteiger partial charge < -0.3 is 18.9 Å². The van der Waals surface area contributed by atoms with Crippen molar-refractivity contribution < 1.29 is 42.1 Å². The second-order valence-electron chi connectivity index (χ2n) is 31.3. The monoisotopic (exact) mass is 1390 g/mol. The van der Waals surface area contributed by atoms with Gasteiger partial charge in [-0.25, -0.2) is 4.57 Å². The van der Waals surface area contributed by atoms with E-state index >= 15 is 0 Å². The number of likely N-dealkylation sites (N-methyl/N-ethyl adjacent to an activating group) is 1. The summed E-state index contributed by atoms with van der Waals surface area (Å²) in [6.45, 7) is 4.52. The molecule has 0 spiro atoms. The smallest absolute Gasteiger partial charge is 0.462 e. The maximum absolute atomic E-state index is 12.9. The molecule has 0 amide bonds. The Bertz CT molecular complexity index is 1680. The number of carbonyl (C=O) groups excluding carboxylic acids is 2. The van der Waals surface area contributed by atoms with Crippen molar-refractivity contribution in [2.24, 2.45) is 0 Å². The number of nitrogens with zero attached hydrogens (tertiary/aromatic N) is 1. The highest BCUT2D eigenvalue weighted by Crippen LogP contribution is 2.43. The average Bonchev–Trinajstić information content (AvgIpc) is 1.58. The number of esters is 2. The quantitative estimate of drug-likeness (QED) is 0.0211. The van der Waals surface area contributed by atoms with E-state index < -0.39 is 26.5 Å². The van der Waals surface area contributed by atoms with Gasteiger partial charge in [0.15, 0.2) is 6.10 Å². The minimum absolute atomic E-state index is 0.0362. The average molecular weight is 1390 g/mol. The molecule has 10 heteroatoms. The van der Waals surface area contributed by atoms with Gasteiger partial charge in [-0.1, -0.05) is 436 Å². The molecule has 0 aromatic heterocycles. The number of hydrogen-bond donors (Lipinski definition) is 1. The molecule has 576 valence electrons. The van der Waals surface area contributed by atoms with Crippen molar-refractivity contribution in [3.05, 3.63) is 24.3 Å². The number of quaternary nitrogens is 1. The van der Waals surface area contributed by atoms with Gasteiger partial charge in [0, 0.05) is 12.8 Å². The van der Waals surface area contributed by atoms with E-state index in [2.05, 4.69) is 38.2 Å². The van der Waals surface area contributed by atoms with Gasteiger partial charge in [-0.15, -0.1) is 0 Å². The van der Waals surface area contributed by atoms with Crippen LogP contribution in [0.4, 0.5) is 0 Å². The van der Waals surface area contributed by atoms with E-state index in [1.807, 2.05) is 21.1 Å². The second kappa shape index (κ2) is 78.6. The molecule has 0 saturated carbocycles. The molecule has 0 aromatic rings. The number of allylic oxidation sites excluding steroid dienone is 4. The summed E-state index contributed by atoms with van der Waals surface area (Å²) in [5.74, 6) is -0.767. The van der Waals surface area contributed by atoms with Gasteiger partial charge >= 0.3 is 19.8 Å². The van der Waals surface area contributed by atoms with Crippen molar-refractivity contribution >= 4 is 19.8 Å². The second-order valence-corrected chi connectivity index (χ2v) is 32.7. The third kappa shape index (κ3) is 83.3. The molecule has 0 saturated heterocycles. The number of phosphoric ester groups is 1. The van der Waals surface area contributed by atoms with Crippen LogP contribution in [0.15, 0.2) is 24.3 Å². The molecule has 0 aliphatic heterocycles. The third-order valence-corrected chi connectivity index (χ3v) is 21.2. The van der Waals surface area contributed by atoms with Crippen LogP contribution in [0.5, 0.6) is 0 Å². The normalized spacial score (nSPS) is 13.0. The third-order valence-electron chi connectivity index (χ3n) is 20.2. The molecule has 0 radical (unpaired) electrons. The lowest BCUT2D eigenvalue weighted by Gasteiger charge is -2.24. The number of rotatable bonds is 83. The molecule has 0 aliphatic rings. The van der Waals surface area contributed by atoms with E-state index in [9.17, 15) is 19.0 Å². The Morgan fingerprint density at radius 3 is 0.814 bits per heavy atom. The zero-order valence-electron chi connectivity index (χ0n) is 66.1. The number of hydrogen-bond acceptors (Lipinski definition) is 7. The van der Waals surface area contributed by atoms with Crippen LogP contribution in [0.25, 0.3) is 0 Å². The largest absolute Gasteiger partial charge is 0.472 e. The molecule has 2 unspecified atom stereocenters. The van der Waals surface area contributed by atoms with Gasteiger partial charge in [-0.2, -0.15) is 0 Å². The molecule has 0 bridgehead atoms. The minimum Gasteiger partial charge on any atom is -0.462 e. The van der Waals surface area contributed by atoms with E-state index in [1.165, 1.54) is 398 Å². The Balaban J connectivity index is 3.84. The molecular weight excluding hydrogens is 1220 g/mol. The van der Waals surface area contributed by atoms with Crippen LogP contribution in [0.3, 0.4) is 0 Å². The fourth-order valence-electron chi connectivity index (χ4n) is 13.6. The van der Waals surface area contributed by atoms with Crippen molar-refractivity contribution in [2.75, 3.05) is 47.5 Å². The van der Waals surface area contributed by atoms with E-state index in [0.717, 1.165) is 44.9 Å². The first-order chi connectivity index (χ1) is 47.5. The zero-order chi connectivity index (χ0) is 70.4. The van der Waals surface area contributed by atoms with Crippen molar-refractivity contribution in [2.45, 2.75) is 476 Å². The molecule has 0 heterocycles. The number of phosphoric acid groups is 1. The van der Waals surface area contributed by atoms with Crippen LogP contribution in [-0.4, -0.2) is 74.9 Å². The molecule has 9 nitrogen and oxygen atoms in total. The van der Waals surface area contributed by atoms with Crippen molar-refractivity contribution in [3.63, 3.8) is 0 Å². The van der Waals surface area contributed by atoms with Crippen LogP contribution >= 0.6 is 7.82 Å². The first kappa shape index (κ1) is 95.5. The van der Waals surface area contributed by atoms with Gasteiger partial charge in [0.05, 0.1) is 27.7 Å². The van der Waals surface area contributed by atoms with Crippen molar-refractivity contribution in [1.82, 2.24) is 0 Å². The van der Waals surface area contributed by atoms with Gasteiger partial charge in [0.25, 0.3) is 0 Å². The highest BCUT2D eigenvalue weighted by Gasteiger charge is 2.27. The predicted octanol–water partition coefficient (Wildman–Crippen LogP) is 29.1. The summed E-state index contributed by atoms with van der Waals surface area (Å²) in [4.78, 5) is 36.0.